The molecule has 0 saturated heterocycles. The monoisotopic (exact) mass is 359 g/mol. The quantitative estimate of drug-likeness (QED) is 0.785. The maximum atomic E-state index is 12.4. The number of rotatable bonds is 8. The van der Waals surface area contributed by atoms with Crippen LogP contribution in [0.5, 0.6) is 23.0 Å². The summed E-state index contributed by atoms with van der Waals surface area (Å²) in [6.07, 6.45) is 0.237. The largest absolute Gasteiger partial charge is 0.496 e. The van der Waals surface area contributed by atoms with Crippen LogP contribution in [0.15, 0.2) is 30.3 Å². The normalized spacial score (nSPS) is 10.2. The van der Waals surface area contributed by atoms with Crippen LogP contribution in [0.2, 0.25) is 0 Å². The van der Waals surface area contributed by atoms with Crippen molar-refractivity contribution in [3.63, 3.8) is 0 Å². The van der Waals surface area contributed by atoms with E-state index >= 15 is 0 Å². The zero-order chi connectivity index (χ0) is 19.1. The van der Waals surface area contributed by atoms with E-state index in [-0.39, 0.29) is 12.3 Å². The minimum absolute atomic E-state index is 0.106. The maximum Gasteiger partial charge on any atom is 0.224 e. The second-order valence-corrected chi connectivity index (χ2v) is 5.79. The first kappa shape index (κ1) is 19.4. The molecule has 0 saturated carbocycles. The van der Waals surface area contributed by atoms with Crippen molar-refractivity contribution in [2.24, 2.45) is 0 Å². The Bertz CT molecular complexity index is 773. The lowest BCUT2D eigenvalue weighted by Gasteiger charge is -2.15. The summed E-state index contributed by atoms with van der Waals surface area (Å²) in [6.45, 7) is 2.30. The van der Waals surface area contributed by atoms with Gasteiger partial charge in [-0.25, -0.2) is 0 Å². The van der Waals surface area contributed by atoms with E-state index < -0.39 is 0 Å². The Labute approximate surface area is 154 Å². The Morgan fingerprint density at radius 2 is 1.42 bits per heavy atom. The Hall–Kier alpha value is -2.89. The van der Waals surface area contributed by atoms with Gasteiger partial charge in [0.15, 0.2) is 11.5 Å². The van der Waals surface area contributed by atoms with Gasteiger partial charge in [-0.2, -0.15) is 0 Å². The Morgan fingerprint density at radius 1 is 0.808 bits per heavy atom. The topological polar surface area (TPSA) is 66.0 Å². The standard InChI is InChI=1S/C20H25NO5/c1-13-6-7-16(23-2)14(8-13)10-20(22)21-12-15-9-18(25-4)19(26-5)11-17(15)24-3/h6-9,11H,10,12H2,1-5H3,(H,21,22). The first-order valence-electron chi connectivity index (χ1n) is 8.21. The Kier molecular flexibility index (Phi) is 6.72. The highest BCUT2D eigenvalue weighted by molar-refractivity contribution is 5.79. The summed E-state index contributed by atoms with van der Waals surface area (Å²) < 4.78 is 21.3. The van der Waals surface area contributed by atoms with Gasteiger partial charge >= 0.3 is 0 Å². The number of hydrogen-bond donors (Lipinski definition) is 1. The van der Waals surface area contributed by atoms with E-state index in [0.29, 0.717) is 29.5 Å². The van der Waals surface area contributed by atoms with Gasteiger partial charge in [0.25, 0.3) is 0 Å². The summed E-state index contributed by atoms with van der Waals surface area (Å²) in [5, 5.41) is 2.91. The van der Waals surface area contributed by atoms with Gasteiger partial charge < -0.3 is 24.3 Å². The number of aryl methyl sites for hydroxylation is 1. The molecule has 0 aliphatic heterocycles. The van der Waals surface area contributed by atoms with Crippen molar-refractivity contribution in [1.82, 2.24) is 5.32 Å². The number of carbonyl (C=O) groups excluding carboxylic acids is 1. The van der Waals surface area contributed by atoms with Gasteiger partial charge in [-0.05, 0) is 19.1 Å². The fraction of sp³-hybridized carbons (Fsp3) is 0.350. The molecule has 140 valence electrons. The molecule has 0 aliphatic rings. The lowest BCUT2D eigenvalue weighted by molar-refractivity contribution is -0.120. The van der Waals surface area contributed by atoms with E-state index in [1.165, 1.54) is 0 Å². The van der Waals surface area contributed by atoms with E-state index in [0.717, 1.165) is 16.7 Å². The molecule has 0 aromatic heterocycles. The fourth-order valence-corrected chi connectivity index (χ4v) is 2.71. The van der Waals surface area contributed by atoms with Gasteiger partial charge in [0, 0.05) is 23.7 Å². The molecule has 0 spiro atoms. The van der Waals surface area contributed by atoms with Crippen molar-refractivity contribution < 1.29 is 23.7 Å². The number of ether oxygens (including phenoxy) is 4. The van der Waals surface area contributed by atoms with Crippen LogP contribution in [0.4, 0.5) is 0 Å². The van der Waals surface area contributed by atoms with E-state index in [1.807, 2.05) is 25.1 Å². The number of nitrogens with one attached hydrogen (secondary N) is 1. The fourth-order valence-electron chi connectivity index (χ4n) is 2.71. The first-order valence-corrected chi connectivity index (χ1v) is 8.21. The molecule has 1 amide bonds. The van der Waals surface area contributed by atoms with Crippen LogP contribution >= 0.6 is 0 Å². The molecule has 0 atom stereocenters. The molecule has 2 rings (SSSR count). The van der Waals surface area contributed by atoms with Gasteiger partial charge in [-0.3, -0.25) is 4.79 Å². The van der Waals surface area contributed by atoms with E-state index in [1.54, 1.807) is 40.6 Å². The first-order chi connectivity index (χ1) is 12.5. The van der Waals surface area contributed by atoms with Gasteiger partial charge in [0.05, 0.1) is 34.9 Å². The van der Waals surface area contributed by atoms with Crippen LogP contribution in [-0.2, 0) is 17.8 Å². The summed E-state index contributed by atoms with van der Waals surface area (Å²) in [5.41, 5.74) is 2.73. The molecule has 2 aromatic carbocycles. The predicted molar refractivity (Wildman–Crippen MR) is 99.4 cm³/mol. The highest BCUT2D eigenvalue weighted by Gasteiger charge is 2.14. The molecule has 0 bridgehead atoms. The third-order valence-electron chi connectivity index (χ3n) is 4.05. The summed E-state index contributed by atoms with van der Waals surface area (Å²) >= 11 is 0. The zero-order valence-electron chi connectivity index (χ0n) is 15.8. The van der Waals surface area contributed by atoms with E-state index in [4.69, 9.17) is 18.9 Å². The zero-order valence-corrected chi connectivity index (χ0v) is 15.8. The Balaban J connectivity index is 2.11. The maximum absolute atomic E-state index is 12.4. The predicted octanol–water partition coefficient (Wildman–Crippen LogP) is 2.89. The lowest BCUT2D eigenvalue weighted by Crippen LogP contribution is -2.25. The molecule has 1 N–H and O–H groups in total. The number of methoxy groups -OCH3 is 4. The number of hydrogen-bond acceptors (Lipinski definition) is 5. The molecule has 0 unspecified atom stereocenters. The summed E-state index contributed by atoms with van der Waals surface area (Å²) in [5.74, 6) is 2.37. The van der Waals surface area contributed by atoms with Crippen molar-refractivity contribution in [3.8, 4) is 23.0 Å². The van der Waals surface area contributed by atoms with Crippen LogP contribution in [0.3, 0.4) is 0 Å². The molecule has 0 fully saturated rings. The third kappa shape index (κ3) is 4.59. The molecule has 0 aliphatic carbocycles. The third-order valence-corrected chi connectivity index (χ3v) is 4.05. The van der Waals surface area contributed by atoms with Crippen LogP contribution in [-0.4, -0.2) is 34.3 Å². The number of carbonyl (C=O) groups is 1. The van der Waals surface area contributed by atoms with Gasteiger partial charge in [-0.1, -0.05) is 17.7 Å². The van der Waals surface area contributed by atoms with Crippen LogP contribution in [0.25, 0.3) is 0 Å². The number of amides is 1. The minimum atomic E-state index is -0.106. The lowest BCUT2D eigenvalue weighted by atomic mass is 10.1. The highest BCUT2D eigenvalue weighted by atomic mass is 16.5. The Morgan fingerprint density at radius 3 is 2.04 bits per heavy atom. The molecule has 0 heterocycles. The summed E-state index contributed by atoms with van der Waals surface area (Å²) in [7, 11) is 6.30. The molecule has 6 heteroatoms. The molecule has 2 aromatic rings. The second kappa shape index (κ2) is 8.99. The molecular formula is C20H25NO5. The van der Waals surface area contributed by atoms with Crippen LogP contribution in [0.1, 0.15) is 16.7 Å². The van der Waals surface area contributed by atoms with Gasteiger partial charge in [0.1, 0.15) is 11.5 Å². The van der Waals surface area contributed by atoms with Crippen molar-refractivity contribution in [2.45, 2.75) is 19.9 Å². The van der Waals surface area contributed by atoms with Crippen molar-refractivity contribution in [2.75, 3.05) is 28.4 Å². The summed E-state index contributed by atoms with van der Waals surface area (Å²) in [4.78, 5) is 12.4. The van der Waals surface area contributed by atoms with Crippen LogP contribution in [0, 0.1) is 6.92 Å². The molecular weight excluding hydrogens is 334 g/mol. The average Bonchev–Trinajstić information content (AvgIpc) is 2.65. The molecule has 26 heavy (non-hydrogen) atoms. The van der Waals surface area contributed by atoms with E-state index in [2.05, 4.69) is 5.32 Å². The molecule has 6 nitrogen and oxygen atoms in total. The van der Waals surface area contributed by atoms with Crippen molar-refractivity contribution >= 4 is 5.91 Å². The van der Waals surface area contributed by atoms with Crippen molar-refractivity contribution in [1.29, 1.82) is 0 Å². The van der Waals surface area contributed by atoms with Crippen LogP contribution < -0.4 is 24.3 Å². The van der Waals surface area contributed by atoms with Crippen molar-refractivity contribution in [3.05, 3.63) is 47.0 Å². The van der Waals surface area contributed by atoms with Gasteiger partial charge in [-0.15, -0.1) is 0 Å². The minimum Gasteiger partial charge on any atom is -0.496 e. The second-order valence-electron chi connectivity index (χ2n) is 5.79. The number of benzene rings is 2. The van der Waals surface area contributed by atoms with E-state index in [9.17, 15) is 4.79 Å². The molecule has 0 radical (unpaired) electrons. The average molecular weight is 359 g/mol. The summed E-state index contributed by atoms with van der Waals surface area (Å²) in [6, 6.07) is 9.31. The van der Waals surface area contributed by atoms with Gasteiger partial charge in [0.2, 0.25) is 5.91 Å². The smallest absolute Gasteiger partial charge is 0.224 e. The highest BCUT2D eigenvalue weighted by Crippen LogP contribution is 2.34. The SMILES string of the molecule is COc1cc(OC)c(OC)cc1CNC(=O)Cc1cc(C)ccc1OC.